The highest BCUT2D eigenvalue weighted by atomic mass is 16.5. The maximum atomic E-state index is 11.2. The van der Waals surface area contributed by atoms with E-state index in [1.165, 1.54) is 0 Å². The van der Waals surface area contributed by atoms with Gasteiger partial charge in [-0.05, 0) is 55.2 Å². The van der Waals surface area contributed by atoms with Crippen molar-refractivity contribution in [1.82, 2.24) is 0 Å². The van der Waals surface area contributed by atoms with E-state index in [4.69, 9.17) is 14.7 Å². The number of hydrogen-bond donors (Lipinski definition) is 0. The zero-order valence-electron chi connectivity index (χ0n) is 16.4. The molecular weight excluding hydrogens is 350 g/mol. The second-order valence-corrected chi connectivity index (χ2v) is 6.75. The number of hydrogen-bond acceptors (Lipinski definition) is 4. The molecule has 0 amide bonds. The summed E-state index contributed by atoms with van der Waals surface area (Å²) in [5.74, 6) is 0.558. The van der Waals surface area contributed by atoms with Crippen LogP contribution in [0.25, 0.3) is 11.1 Å². The van der Waals surface area contributed by atoms with E-state index < -0.39 is 0 Å². The summed E-state index contributed by atoms with van der Waals surface area (Å²) >= 11 is 0. The van der Waals surface area contributed by atoms with E-state index in [0.717, 1.165) is 49.0 Å². The summed E-state index contributed by atoms with van der Waals surface area (Å²) in [6.07, 6.45) is 5.13. The van der Waals surface area contributed by atoms with Gasteiger partial charge in [0, 0.05) is 5.57 Å². The third-order valence-corrected chi connectivity index (χ3v) is 4.34. The lowest BCUT2D eigenvalue weighted by atomic mass is 10.0. The molecule has 4 nitrogen and oxygen atoms in total. The van der Waals surface area contributed by atoms with E-state index in [-0.39, 0.29) is 5.97 Å². The fourth-order valence-electron chi connectivity index (χ4n) is 2.69. The molecule has 0 saturated carbocycles. The first-order chi connectivity index (χ1) is 13.6. The molecule has 0 unspecified atom stereocenters. The molecule has 0 bridgehead atoms. The maximum absolute atomic E-state index is 11.2. The number of esters is 1. The Hall–Kier alpha value is -3.06. The first-order valence-corrected chi connectivity index (χ1v) is 9.66. The standard InChI is InChI=1S/C24H27NO3/c1-19(2)24(26)28-17-7-5-3-4-6-16-27-23-14-12-22(13-15-23)21-10-8-20(18-25)9-11-21/h8-15H,1,3-7,16-17H2,2H3. The number of carbonyl (C=O) groups excluding carboxylic acids is 1. The highest BCUT2D eigenvalue weighted by molar-refractivity contribution is 5.86. The van der Waals surface area contributed by atoms with Crippen LogP contribution in [0.3, 0.4) is 0 Å². The zero-order valence-corrected chi connectivity index (χ0v) is 16.4. The molecule has 0 aliphatic heterocycles. The normalized spacial score (nSPS) is 10.1. The average molecular weight is 377 g/mol. The molecule has 146 valence electrons. The first-order valence-electron chi connectivity index (χ1n) is 9.66. The fraction of sp³-hybridized carbons (Fsp3) is 0.333. The van der Waals surface area contributed by atoms with Gasteiger partial charge in [-0.3, -0.25) is 0 Å². The van der Waals surface area contributed by atoms with Crippen LogP contribution in [0.2, 0.25) is 0 Å². The Balaban J connectivity index is 1.59. The van der Waals surface area contributed by atoms with Crippen LogP contribution in [-0.2, 0) is 9.53 Å². The van der Waals surface area contributed by atoms with Crippen LogP contribution in [-0.4, -0.2) is 19.2 Å². The van der Waals surface area contributed by atoms with Crippen LogP contribution in [0.4, 0.5) is 0 Å². The SMILES string of the molecule is C=C(C)C(=O)OCCCCCCCOc1ccc(-c2ccc(C#N)cc2)cc1. The van der Waals surface area contributed by atoms with Crippen molar-refractivity contribution in [2.75, 3.05) is 13.2 Å². The predicted octanol–water partition coefficient (Wildman–Crippen LogP) is 5.67. The molecule has 28 heavy (non-hydrogen) atoms. The smallest absolute Gasteiger partial charge is 0.333 e. The van der Waals surface area contributed by atoms with Crippen LogP contribution in [0.5, 0.6) is 5.75 Å². The van der Waals surface area contributed by atoms with Crippen molar-refractivity contribution < 1.29 is 14.3 Å². The molecule has 4 heteroatoms. The van der Waals surface area contributed by atoms with Gasteiger partial charge < -0.3 is 9.47 Å². The monoisotopic (exact) mass is 377 g/mol. The number of rotatable bonds is 11. The van der Waals surface area contributed by atoms with Crippen molar-refractivity contribution >= 4 is 5.97 Å². The van der Waals surface area contributed by atoms with E-state index in [9.17, 15) is 4.79 Å². The maximum Gasteiger partial charge on any atom is 0.333 e. The Morgan fingerprint density at radius 2 is 1.43 bits per heavy atom. The molecule has 0 fully saturated rings. The molecule has 0 aliphatic rings. The fourth-order valence-corrected chi connectivity index (χ4v) is 2.69. The number of ether oxygens (including phenoxy) is 2. The topological polar surface area (TPSA) is 59.3 Å². The quantitative estimate of drug-likeness (QED) is 0.287. The Labute approximate surface area is 167 Å². The molecule has 2 aromatic rings. The molecule has 0 atom stereocenters. The first kappa shape index (κ1) is 21.2. The van der Waals surface area contributed by atoms with Gasteiger partial charge in [0.2, 0.25) is 0 Å². The lowest BCUT2D eigenvalue weighted by Crippen LogP contribution is -2.06. The van der Waals surface area contributed by atoms with Crippen molar-refractivity contribution in [3.8, 4) is 22.9 Å². The molecule has 0 spiro atoms. The molecule has 0 N–H and O–H groups in total. The summed E-state index contributed by atoms with van der Waals surface area (Å²) < 4.78 is 10.9. The minimum atomic E-state index is -0.307. The summed E-state index contributed by atoms with van der Waals surface area (Å²) in [6.45, 7) is 6.37. The van der Waals surface area contributed by atoms with E-state index in [1.54, 1.807) is 6.92 Å². The van der Waals surface area contributed by atoms with Crippen molar-refractivity contribution in [2.45, 2.75) is 39.0 Å². The number of nitriles is 1. The number of benzene rings is 2. The minimum absolute atomic E-state index is 0.307. The Morgan fingerprint density at radius 3 is 2.00 bits per heavy atom. The Kier molecular flexibility index (Phi) is 8.81. The van der Waals surface area contributed by atoms with Gasteiger partial charge in [0.05, 0.1) is 24.8 Å². The van der Waals surface area contributed by atoms with Crippen LogP contribution in [0.1, 0.15) is 44.6 Å². The summed E-state index contributed by atoms with van der Waals surface area (Å²) in [4.78, 5) is 11.2. The Bertz CT molecular complexity index is 801. The molecule has 0 radical (unpaired) electrons. The minimum Gasteiger partial charge on any atom is -0.494 e. The summed E-state index contributed by atoms with van der Waals surface area (Å²) in [6, 6.07) is 17.7. The highest BCUT2D eigenvalue weighted by Gasteiger charge is 2.02. The molecule has 0 saturated heterocycles. The lowest BCUT2D eigenvalue weighted by molar-refractivity contribution is -0.139. The van der Waals surface area contributed by atoms with Gasteiger partial charge in [-0.2, -0.15) is 5.26 Å². The Morgan fingerprint density at radius 1 is 0.893 bits per heavy atom. The van der Waals surface area contributed by atoms with Crippen molar-refractivity contribution in [3.63, 3.8) is 0 Å². The van der Waals surface area contributed by atoms with Crippen molar-refractivity contribution in [2.24, 2.45) is 0 Å². The molecule has 2 aromatic carbocycles. The van der Waals surface area contributed by atoms with Gasteiger partial charge in [-0.1, -0.05) is 50.1 Å². The summed E-state index contributed by atoms with van der Waals surface area (Å²) in [5.41, 5.74) is 3.29. The summed E-state index contributed by atoms with van der Waals surface area (Å²) in [5, 5.41) is 8.86. The second-order valence-electron chi connectivity index (χ2n) is 6.75. The van der Waals surface area contributed by atoms with Crippen LogP contribution < -0.4 is 4.74 Å². The van der Waals surface area contributed by atoms with E-state index in [2.05, 4.69) is 12.6 Å². The molecular formula is C24H27NO3. The zero-order chi connectivity index (χ0) is 20.2. The number of carbonyl (C=O) groups is 1. The van der Waals surface area contributed by atoms with Crippen LogP contribution >= 0.6 is 0 Å². The predicted molar refractivity (Wildman–Crippen MR) is 111 cm³/mol. The van der Waals surface area contributed by atoms with E-state index in [1.807, 2.05) is 48.5 Å². The molecule has 0 aromatic heterocycles. The average Bonchev–Trinajstić information content (AvgIpc) is 2.72. The van der Waals surface area contributed by atoms with Gasteiger partial charge in [-0.25, -0.2) is 4.79 Å². The third-order valence-electron chi connectivity index (χ3n) is 4.34. The second kappa shape index (κ2) is 11.6. The highest BCUT2D eigenvalue weighted by Crippen LogP contribution is 2.23. The van der Waals surface area contributed by atoms with Gasteiger partial charge >= 0.3 is 5.97 Å². The van der Waals surface area contributed by atoms with Gasteiger partial charge in [0.1, 0.15) is 5.75 Å². The van der Waals surface area contributed by atoms with Gasteiger partial charge in [0.25, 0.3) is 0 Å². The molecule has 0 heterocycles. The molecule has 0 aliphatic carbocycles. The third kappa shape index (κ3) is 7.28. The van der Waals surface area contributed by atoms with Crippen LogP contribution in [0.15, 0.2) is 60.7 Å². The lowest BCUT2D eigenvalue weighted by Gasteiger charge is -2.08. The molecule has 2 rings (SSSR count). The largest absolute Gasteiger partial charge is 0.494 e. The number of unbranched alkanes of at least 4 members (excludes halogenated alkanes) is 4. The summed E-state index contributed by atoms with van der Waals surface area (Å²) in [7, 11) is 0. The van der Waals surface area contributed by atoms with Gasteiger partial charge in [-0.15, -0.1) is 0 Å². The number of nitrogens with zero attached hydrogens (tertiary/aromatic N) is 1. The van der Waals surface area contributed by atoms with Crippen molar-refractivity contribution in [1.29, 1.82) is 5.26 Å². The van der Waals surface area contributed by atoms with E-state index >= 15 is 0 Å². The van der Waals surface area contributed by atoms with Crippen molar-refractivity contribution in [3.05, 3.63) is 66.2 Å². The van der Waals surface area contributed by atoms with E-state index in [0.29, 0.717) is 24.4 Å². The van der Waals surface area contributed by atoms with Crippen LogP contribution in [0, 0.1) is 11.3 Å². The van der Waals surface area contributed by atoms with Gasteiger partial charge in [0.15, 0.2) is 0 Å².